The number of aromatic nitrogens is 1. The molecule has 1 amide bonds. The third-order valence-electron chi connectivity index (χ3n) is 6.41. The molecule has 1 aliphatic rings. The number of ketones is 1. The SMILES string of the molecule is COc1ccc(Cn2c(O)c(C(=O)CCCN3C(=O)/C(=C/c4ccc(F)cc4)SC3=S)c(C)c(C#N)c2=O)cc1. The highest BCUT2D eigenvalue weighted by atomic mass is 32.2. The van der Waals surface area contributed by atoms with Gasteiger partial charge in [-0.3, -0.25) is 23.9 Å². The second-order valence-electron chi connectivity index (χ2n) is 8.96. The molecule has 0 spiro atoms. The Bertz CT molecular complexity index is 1620. The summed E-state index contributed by atoms with van der Waals surface area (Å²) >= 11 is 6.47. The summed E-state index contributed by atoms with van der Waals surface area (Å²) in [5, 5.41) is 20.6. The normalized spacial score (nSPS) is 14.1. The number of carbonyl (C=O) groups is 2. The van der Waals surface area contributed by atoms with E-state index in [-0.39, 0.29) is 54.3 Å². The van der Waals surface area contributed by atoms with Crippen molar-refractivity contribution in [3.8, 4) is 17.7 Å². The number of thioether (sulfide) groups is 1. The van der Waals surface area contributed by atoms with Gasteiger partial charge < -0.3 is 9.84 Å². The minimum Gasteiger partial charge on any atom is -0.497 e. The number of hydrogen-bond acceptors (Lipinski definition) is 8. The molecule has 1 aliphatic heterocycles. The molecule has 2 aromatic carbocycles. The average Bonchev–Trinajstić information content (AvgIpc) is 3.20. The second kappa shape index (κ2) is 12.3. The van der Waals surface area contributed by atoms with Gasteiger partial charge in [-0.1, -0.05) is 48.2 Å². The first-order valence-corrected chi connectivity index (χ1v) is 13.4. The summed E-state index contributed by atoms with van der Waals surface area (Å²) in [4.78, 5) is 40.8. The standard InChI is InChI=1S/C29H24FN3O5S2/c1-17-22(15-31)26(35)33(16-19-7-11-21(38-2)12-8-19)28(37)25(17)23(34)4-3-13-32-27(36)24(40-29(32)39)14-18-5-9-20(30)10-6-18/h5-12,14,37H,3-4,13,16H2,1-2H3/b24-14-. The summed E-state index contributed by atoms with van der Waals surface area (Å²) in [6.45, 7) is 1.56. The van der Waals surface area contributed by atoms with Crippen LogP contribution in [0.2, 0.25) is 0 Å². The Hall–Kier alpha value is -4.27. The minimum absolute atomic E-state index is 0.0547. The Morgan fingerprint density at radius 3 is 2.48 bits per heavy atom. The van der Waals surface area contributed by atoms with Crippen molar-refractivity contribution in [2.45, 2.75) is 26.3 Å². The molecule has 2 heterocycles. The van der Waals surface area contributed by atoms with Crippen LogP contribution in [-0.2, 0) is 11.3 Å². The monoisotopic (exact) mass is 577 g/mol. The van der Waals surface area contributed by atoms with Gasteiger partial charge in [0.15, 0.2) is 5.78 Å². The van der Waals surface area contributed by atoms with E-state index in [1.54, 1.807) is 42.5 Å². The summed E-state index contributed by atoms with van der Waals surface area (Å²) < 4.78 is 19.7. The molecule has 0 bridgehead atoms. The molecule has 0 atom stereocenters. The van der Waals surface area contributed by atoms with Crippen LogP contribution in [0.15, 0.2) is 58.2 Å². The van der Waals surface area contributed by atoms with Gasteiger partial charge in [0.2, 0.25) is 5.88 Å². The Morgan fingerprint density at radius 1 is 1.18 bits per heavy atom. The second-order valence-corrected chi connectivity index (χ2v) is 10.6. The number of halogens is 1. The molecular formula is C29H24FN3O5S2. The van der Waals surface area contributed by atoms with E-state index in [1.807, 2.05) is 6.07 Å². The van der Waals surface area contributed by atoms with E-state index in [2.05, 4.69) is 0 Å². The van der Waals surface area contributed by atoms with Crippen molar-refractivity contribution in [3.05, 3.63) is 97.4 Å². The molecule has 0 saturated carbocycles. The number of ether oxygens (including phenoxy) is 1. The summed E-state index contributed by atoms with van der Waals surface area (Å²) in [7, 11) is 1.53. The highest BCUT2D eigenvalue weighted by Gasteiger charge is 2.32. The van der Waals surface area contributed by atoms with E-state index in [0.717, 1.165) is 16.3 Å². The number of aromatic hydroxyl groups is 1. The number of pyridine rings is 1. The van der Waals surface area contributed by atoms with Gasteiger partial charge >= 0.3 is 0 Å². The lowest BCUT2D eigenvalue weighted by Crippen LogP contribution is -2.30. The number of amides is 1. The lowest BCUT2D eigenvalue weighted by Gasteiger charge is -2.17. The van der Waals surface area contributed by atoms with Gasteiger partial charge in [-0.25, -0.2) is 4.39 Å². The van der Waals surface area contributed by atoms with Crippen LogP contribution in [0, 0.1) is 24.1 Å². The number of nitriles is 1. The van der Waals surface area contributed by atoms with Crippen LogP contribution in [0.5, 0.6) is 11.6 Å². The number of thiocarbonyl (C=S) groups is 1. The van der Waals surface area contributed by atoms with E-state index in [9.17, 15) is 29.1 Å². The molecule has 204 valence electrons. The lowest BCUT2D eigenvalue weighted by atomic mass is 9.99. The Kier molecular flexibility index (Phi) is 8.82. The fraction of sp³-hybridized carbons (Fsp3) is 0.207. The van der Waals surface area contributed by atoms with E-state index in [1.165, 1.54) is 31.1 Å². The van der Waals surface area contributed by atoms with Gasteiger partial charge in [-0.05, 0) is 60.4 Å². The predicted octanol–water partition coefficient (Wildman–Crippen LogP) is 4.79. The van der Waals surface area contributed by atoms with E-state index >= 15 is 0 Å². The zero-order valence-electron chi connectivity index (χ0n) is 21.6. The molecule has 0 aliphatic carbocycles. The molecule has 11 heteroatoms. The van der Waals surface area contributed by atoms with Crippen molar-refractivity contribution in [2.24, 2.45) is 0 Å². The van der Waals surface area contributed by atoms with Gasteiger partial charge in [0, 0.05) is 13.0 Å². The topological polar surface area (TPSA) is 113 Å². The van der Waals surface area contributed by atoms with E-state index < -0.39 is 17.2 Å². The van der Waals surface area contributed by atoms with E-state index in [4.69, 9.17) is 17.0 Å². The van der Waals surface area contributed by atoms with Gasteiger partial charge in [-0.15, -0.1) is 0 Å². The smallest absolute Gasteiger partial charge is 0.271 e. The third-order valence-corrected chi connectivity index (χ3v) is 7.78. The highest BCUT2D eigenvalue weighted by molar-refractivity contribution is 8.26. The van der Waals surface area contributed by atoms with Crippen molar-refractivity contribution in [3.63, 3.8) is 0 Å². The van der Waals surface area contributed by atoms with Gasteiger partial charge in [0.05, 0.1) is 24.1 Å². The molecule has 1 saturated heterocycles. The zero-order chi connectivity index (χ0) is 29.0. The average molecular weight is 578 g/mol. The number of methoxy groups -OCH3 is 1. The van der Waals surface area contributed by atoms with Gasteiger partial charge in [0.25, 0.3) is 11.5 Å². The number of Topliss-reactive ketones (excluding diaryl/α,β-unsaturated/α-hetero) is 1. The van der Waals surface area contributed by atoms with Crippen molar-refractivity contribution < 1.29 is 23.8 Å². The minimum atomic E-state index is -0.699. The van der Waals surface area contributed by atoms with Crippen LogP contribution < -0.4 is 10.3 Å². The first-order chi connectivity index (χ1) is 19.1. The van der Waals surface area contributed by atoms with Crippen molar-refractivity contribution in [1.29, 1.82) is 5.26 Å². The van der Waals surface area contributed by atoms with Crippen LogP contribution >= 0.6 is 24.0 Å². The molecule has 8 nitrogen and oxygen atoms in total. The van der Waals surface area contributed by atoms with Crippen LogP contribution in [0.25, 0.3) is 6.08 Å². The lowest BCUT2D eigenvalue weighted by molar-refractivity contribution is -0.122. The number of hydrogen-bond donors (Lipinski definition) is 1. The first kappa shape index (κ1) is 28.7. The van der Waals surface area contributed by atoms with Gasteiger partial charge in [0.1, 0.15) is 27.5 Å². The number of nitrogens with zero attached hydrogens (tertiary/aromatic N) is 3. The molecule has 0 unspecified atom stereocenters. The molecule has 1 aromatic heterocycles. The fourth-order valence-corrected chi connectivity index (χ4v) is 5.58. The zero-order valence-corrected chi connectivity index (χ0v) is 23.3. The predicted molar refractivity (Wildman–Crippen MR) is 154 cm³/mol. The third kappa shape index (κ3) is 5.98. The number of carbonyl (C=O) groups excluding carboxylic acids is 2. The number of benzene rings is 2. The van der Waals surface area contributed by atoms with Gasteiger partial charge in [-0.2, -0.15) is 5.26 Å². The fourth-order valence-electron chi connectivity index (χ4n) is 4.27. The molecule has 40 heavy (non-hydrogen) atoms. The van der Waals surface area contributed by atoms with Crippen LogP contribution in [-0.4, -0.2) is 44.2 Å². The molecule has 1 fully saturated rings. The molecule has 3 aromatic rings. The Labute approximate surface area is 239 Å². The van der Waals surface area contributed by atoms with Crippen LogP contribution in [0.3, 0.4) is 0 Å². The summed E-state index contributed by atoms with van der Waals surface area (Å²) in [5.41, 5.74) is 0.390. The maximum Gasteiger partial charge on any atom is 0.271 e. The van der Waals surface area contributed by atoms with Crippen LogP contribution in [0.4, 0.5) is 4.39 Å². The Balaban J connectivity index is 1.50. The maximum atomic E-state index is 13.2. The van der Waals surface area contributed by atoms with Crippen molar-refractivity contribution >= 4 is 46.1 Å². The van der Waals surface area contributed by atoms with Crippen LogP contribution in [0.1, 0.15) is 45.5 Å². The maximum absolute atomic E-state index is 13.2. The Morgan fingerprint density at radius 2 is 1.85 bits per heavy atom. The van der Waals surface area contributed by atoms with Crippen molar-refractivity contribution in [1.82, 2.24) is 9.47 Å². The quantitative estimate of drug-likeness (QED) is 0.219. The van der Waals surface area contributed by atoms with Crippen molar-refractivity contribution in [2.75, 3.05) is 13.7 Å². The first-order valence-electron chi connectivity index (χ1n) is 12.2. The summed E-state index contributed by atoms with van der Waals surface area (Å²) in [6, 6.07) is 14.4. The summed E-state index contributed by atoms with van der Waals surface area (Å²) in [5.74, 6) is -1.07. The molecule has 1 N–H and O–H groups in total. The highest BCUT2D eigenvalue weighted by Crippen LogP contribution is 2.33. The molecular weight excluding hydrogens is 553 g/mol. The van der Waals surface area contributed by atoms with E-state index in [0.29, 0.717) is 26.1 Å². The summed E-state index contributed by atoms with van der Waals surface area (Å²) in [6.07, 6.45) is 1.79. The number of rotatable bonds is 9. The molecule has 0 radical (unpaired) electrons. The molecule has 4 rings (SSSR count). The largest absolute Gasteiger partial charge is 0.497 e.